The van der Waals surface area contributed by atoms with Crippen molar-refractivity contribution in [1.82, 2.24) is 9.80 Å². The van der Waals surface area contributed by atoms with Crippen molar-refractivity contribution in [1.29, 1.82) is 0 Å². The highest BCUT2D eigenvalue weighted by Crippen LogP contribution is 2.32. The fourth-order valence-electron chi connectivity index (χ4n) is 4.24. The van der Waals surface area contributed by atoms with E-state index in [0.29, 0.717) is 18.1 Å². The molecule has 1 aromatic heterocycles. The third-order valence-electron chi connectivity index (χ3n) is 5.29. The Morgan fingerprint density at radius 3 is 2.91 bits per heavy atom. The lowest BCUT2D eigenvalue weighted by molar-refractivity contribution is -0.128. The van der Waals surface area contributed by atoms with Crippen molar-refractivity contribution in [3.8, 4) is 0 Å². The van der Waals surface area contributed by atoms with Gasteiger partial charge < -0.3 is 9.47 Å². The van der Waals surface area contributed by atoms with E-state index in [1.54, 1.807) is 0 Å². The number of hydrogen-bond donors (Lipinski definition) is 0. The zero-order valence-corrected chi connectivity index (χ0v) is 14.0. The smallest absolute Gasteiger partial charge is 0.0782 e. The van der Waals surface area contributed by atoms with Gasteiger partial charge in [0.05, 0.1) is 19.3 Å². The van der Waals surface area contributed by atoms with Crippen LogP contribution in [-0.4, -0.2) is 67.9 Å². The van der Waals surface area contributed by atoms with Gasteiger partial charge in [-0.3, -0.25) is 9.80 Å². The summed E-state index contributed by atoms with van der Waals surface area (Å²) < 4.78 is 11.8. The van der Waals surface area contributed by atoms with E-state index in [1.165, 1.54) is 24.3 Å². The van der Waals surface area contributed by atoms with Crippen LogP contribution in [0.3, 0.4) is 0 Å². The first-order valence-corrected chi connectivity index (χ1v) is 9.46. The van der Waals surface area contributed by atoms with Crippen LogP contribution in [0.2, 0.25) is 0 Å². The van der Waals surface area contributed by atoms with Gasteiger partial charge in [0.2, 0.25) is 0 Å². The molecule has 22 heavy (non-hydrogen) atoms. The molecule has 3 atom stereocenters. The van der Waals surface area contributed by atoms with Gasteiger partial charge in [-0.05, 0) is 30.2 Å². The highest BCUT2D eigenvalue weighted by Gasteiger charge is 2.42. The third-order valence-corrected chi connectivity index (χ3v) is 6.15. The average Bonchev–Trinajstić information content (AvgIpc) is 3.08. The van der Waals surface area contributed by atoms with E-state index < -0.39 is 0 Å². The zero-order valence-electron chi connectivity index (χ0n) is 13.2. The summed E-state index contributed by atoms with van der Waals surface area (Å²) in [5, 5.41) is 2.19. The van der Waals surface area contributed by atoms with E-state index in [1.807, 2.05) is 11.3 Å². The summed E-state index contributed by atoms with van der Waals surface area (Å²) in [5.74, 6) is 0.704. The lowest BCUT2D eigenvalue weighted by Crippen LogP contribution is -2.62. The summed E-state index contributed by atoms with van der Waals surface area (Å²) in [7, 11) is 0. The maximum absolute atomic E-state index is 6.22. The Morgan fingerprint density at radius 2 is 2.09 bits per heavy atom. The minimum absolute atomic E-state index is 0.437. The van der Waals surface area contributed by atoms with Crippen LogP contribution in [0.1, 0.15) is 17.7 Å². The number of hydrogen-bond acceptors (Lipinski definition) is 5. The van der Waals surface area contributed by atoms with Crippen molar-refractivity contribution in [2.24, 2.45) is 5.92 Å². The Labute approximate surface area is 137 Å². The molecule has 0 aliphatic carbocycles. The molecule has 0 amide bonds. The van der Waals surface area contributed by atoms with E-state index in [9.17, 15) is 0 Å². The average molecular weight is 322 g/mol. The molecule has 0 aromatic carbocycles. The monoisotopic (exact) mass is 322 g/mol. The van der Waals surface area contributed by atoms with E-state index in [2.05, 4.69) is 27.3 Å². The number of ether oxygens (including phenoxy) is 2. The Kier molecular flexibility index (Phi) is 4.78. The summed E-state index contributed by atoms with van der Waals surface area (Å²) >= 11 is 1.88. The molecule has 3 fully saturated rings. The van der Waals surface area contributed by atoms with Gasteiger partial charge in [-0.15, -0.1) is 11.3 Å². The molecule has 4 rings (SSSR count). The Morgan fingerprint density at radius 1 is 1.18 bits per heavy atom. The highest BCUT2D eigenvalue weighted by atomic mass is 32.1. The van der Waals surface area contributed by atoms with Gasteiger partial charge in [0.25, 0.3) is 0 Å². The van der Waals surface area contributed by atoms with Crippen LogP contribution < -0.4 is 0 Å². The van der Waals surface area contributed by atoms with E-state index >= 15 is 0 Å². The molecule has 0 unspecified atom stereocenters. The maximum atomic E-state index is 6.22. The first-order valence-electron chi connectivity index (χ1n) is 8.58. The molecule has 0 bridgehead atoms. The molecule has 4 nitrogen and oxygen atoms in total. The van der Waals surface area contributed by atoms with Crippen molar-refractivity contribution in [3.63, 3.8) is 0 Å². The normalized spacial score (nSPS) is 34.5. The van der Waals surface area contributed by atoms with Crippen LogP contribution in [0.15, 0.2) is 17.5 Å². The van der Waals surface area contributed by atoms with Gasteiger partial charge in [-0.25, -0.2) is 0 Å². The topological polar surface area (TPSA) is 24.9 Å². The van der Waals surface area contributed by atoms with Crippen molar-refractivity contribution in [2.45, 2.75) is 31.5 Å². The molecule has 0 N–H and O–H groups in total. The minimum Gasteiger partial charge on any atom is -0.379 e. The fourth-order valence-corrected chi connectivity index (χ4v) is 4.99. The number of fused-ring (bicyclic) bond motifs is 1. The van der Waals surface area contributed by atoms with Crippen molar-refractivity contribution in [2.75, 3.05) is 46.0 Å². The first-order chi connectivity index (χ1) is 10.9. The van der Waals surface area contributed by atoms with Crippen molar-refractivity contribution >= 4 is 11.3 Å². The maximum Gasteiger partial charge on any atom is 0.0782 e. The molecule has 1 aromatic rings. The predicted octanol–water partition coefficient (Wildman–Crippen LogP) is 2.06. The second kappa shape index (κ2) is 6.97. The van der Waals surface area contributed by atoms with E-state index in [-0.39, 0.29) is 0 Å². The predicted molar refractivity (Wildman–Crippen MR) is 88.2 cm³/mol. The Bertz CT molecular complexity index is 461. The van der Waals surface area contributed by atoms with Crippen molar-refractivity contribution < 1.29 is 9.47 Å². The minimum atomic E-state index is 0.437. The van der Waals surface area contributed by atoms with Crippen molar-refractivity contribution in [3.05, 3.63) is 22.4 Å². The van der Waals surface area contributed by atoms with Gasteiger partial charge in [-0.1, -0.05) is 6.07 Å². The van der Waals surface area contributed by atoms with Gasteiger partial charge >= 0.3 is 0 Å². The molecule has 122 valence electrons. The van der Waals surface area contributed by atoms with Gasteiger partial charge in [0.15, 0.2) is 0 Å². The summed E-state index contributed by atoms with van der Waals surface area (Å²) in [6, 6.07) is 4.97. The summed E-state index contributed by atoms with van der Waals surface area (Å²) in [6.45, 7) is 8.25. The van der Waals surface area contributed by atoms with Crippen LogP contribution in [0.4, 0.5) is 0 Å². The number of rotatable bonds is 3. The quantitative estimate of drug-likeness (QED) is 0.850. The van der Waals surface area contributed by atoms with Gasteiger partial charge in [-0.2, -0.15) is 0 Å². The van der Waals surface area contributed by atoms with E-state index in [4.69, 9.17) is 9.47 Å². The molecule has 3 aliphatic heterocycles. The van der Waals surface area contributed by atoms with Crippen LogP contribution in [0.25, 0.3) is 0 Å². The van der Waals surface area contributed by atoms with Crippen LogP contribution >= 0.6 is 11.3 Å². The number of piperidine rings is 1. The lowest BCUT2D eigenvalue weighted by Gasteiger charge is -2.50. The van der Waals surface area contributed by atoms with Gasteiger partial charge in [0, 0.05) is 50.2 Å². The third kappa shape index (κ3) is 3.24. The van der Waals surface area contributed by atoms with Gasteiger partial charge in [0.1, 0.15) is 0 Å². The second-order valence-electron chi connectivity index (χ2n) is 6.73. The van der Waals surface area contributed by atoms with Crippen LogP contribution in [0.5, 0.6) is 0 Å². The van der Waals surface area contributed by atoms with E-state index in [0.717, 1.165) is 46.0 Å². The lowest BCUT2D eigenvalue weighted by atomic mass is 9.84. The largest absolute Gasteiger partial charge is 0.379 e. The number of nitrogens with zero attached hydrogens (tertiary/aromatic N) is 2. The molecular formula is C17H26N2O2S. The standard InChI is InChI=1S/C17H26N2O2S/c1-3-14-11-18(12-15-4-2-10-22-15)13-16(17(14)21-7-1)19-5-8-20-9-6-19/h2,4,10,14,16-17H,1,3,5-9,11-13H2/t14-,16+,17-/m0/s1. The highest BCUT2D eigenvalue weighted by molar-refractivity contribution is 7.09. The first kappa shape index (κ1) is 15.1. The Balaban J connectivity index is 1.48. The molecule has 0 spiro atoms. The molecular weight excluding hydrogens is 296 g/mol. The molecule has 0 radical (unpaired) electrons. The molecule has 3 saturated heterocycles. The zero-order chi connectivity index (χ0) is 14.8. The molecule has 0 saturated carbocycles. The second-order valence-corrected chi connectivity index (χ2v) is 7.76. The summed E-state index contributed by atoms with van der Waals surface area (Å²) in [4.78, 5) is 6.76. The summed E-state index contributed by atoms with van der Waals surface area (Å²) in [6.07, 6.45) is 2.99. The molecule has 3 aliphatic rings. The number of likely N-dealkylation sites (tertiary alicyclic amines) is 1. The number of morpholine rings is 1. The molecule has 4 heterocycles. The fraction of sp³-hybridized carbons (Fsp3) is 0.765. The van der Waals surface area contributed by atoms with Crippen LogP contribution in [-0.2, 0) is 16.0 Å². The molecule has 5 heteroatoms. The number of thiophene rings is 1. The Hall–Kier alpha value is -0.460. The SMILES string of the molecule is c1csc(CN2C[C@@H]3CCCO[C@@H]3[C@H](N3CCOCC3)C2)c1. The van der Waals surface area contributed by atoms with Crippen LogP contribution in [0, 0.1) is 5.92 Å². The summed E-state index contributed by atoms with van der Waals surface area (Å²) in [5.41, 5.74) is 0.